The van der Waals surface area contributed by atoms with Gasteiger partial charge in [-0.3, -0.25) is 9.59 Å². The minimum absolute atomic E-state index is 0.298. The Morgan fingerprint density at radius 2 is 1.92 bits per heavy atom. The lowest BCUT2D eigenvalue weighted by Crippen LogP contribution is -2.42. The molecule has 0 fully saturated rings. The molecule has 3 rings (SSSR count). The lowest BCUT2D eigenvalue weighted by molar-refractivity contribution is -0.135. The van der Waals surface area contributed by atoms with E-state index in [-0.39, 0.29) is 12.2 Å². The fraction of sp³-hybridized carbons (Fsp3) is 0.263. The van der Waals surface area contributed by atoms with Crippen LogP contribution < -0.4 is 4.90 Å². The summed E-state index contributed by atoms with van der Waals surface area (Å²) < 4.78 is 0.853. The number of nitrogens with zero attached hydrogens (tertiary/aromatic N) is 1. The topological polar surface area (TPSA) is 57.6 Å². The highest BCUT2D eigenvalue weighted by Gasteiger charge is 2.50. The first-order valence-electron chi connectivity index (χ1n) is 8.00. The molecule has 2 aromatic carbocycles. The van der Waals surface area contributed by atoms with Gasteiger partial charge in [0, 0.05) is 27.2 Å². The average molecular weight is 423 g/mol. The zero-order valence-corrected chi connectivity index (χ0v) is 16.0. The van der Waals surface area contributed by atoms with Crippen LogP contribution in [0.4, 0.5) is 5.69 Å². The van der Waals surface area contributed by atoms with Gasteiger partial charge < -0.3 is 10.0 Å². The lowest BCUT2D eigenvalue weighted by atomic mass is 9.88. The third-order valence-electron chi connectivity index (χ3n) is 4.32. The van der Waals surface area contributed by atoms with Crippen molar-refractivity contribution >= 4 is 44.9 Å². The summed E-state index contributed by atoms with van der Waals surface area (Å²) >= 11 is 9.38. The Balaban J connectivity index is 1.99. The van der Waals surface area contributed by atoms with Crippen LogP contribution in [-0.2, 0) is 10.4 Å². The fourth-order valence-corrected chi connectivity index (χ4v) is 3.55. The monoisotopic (exact) mass is 421 g/mol. The van der Waals surface area contributed by atoms with E-state index in [0.717, 1.165) is 10.9 Å². The van der Waals surface area contributed by atoms with Crippen molar-refractivity contribution in [2.24, 2.45) is 0 Å². The molecule has 0 aromatic heterocycles. The highest BCUT2D eigenvalue weighted by Crippen LogP contribution is 2.44. The Labute approximate surface area is 159 Å². The van der Waals surface area contributed by atoms with Gasteiger partial charge in [0.15, 0.2) is 11.4 Å². The normalized spacial score (nSPS) is 19.2. The van der Waals surface area contributed by atoms with E-state index >= 15 is 0 Å². The van der Waals surface area contributed by atoms with Gasteiger partial charge in [-0.05, 0) is 36.8 Å². The number of benzene rings is 2. The number of halogens is 2. The zero-order chi connectivity index (χ0) is 18.2. The number of Topliss-reactive ketones (excluding diaryl/α,β-unsaturated/α-hetero) is 1. The molecule has 0 saturated heterocycles. The maximum atomic E-state index is 12.9. The Hall–Kier alpha value is -1.69. The predicted molar refractivity (Wildman–Crippen MR) is 101 cm³/mol. The number of rotatable bonds is 5. The van der Waals surface area contributed by atoms with E-state index in [2.05, 4.69) is 15.9 Å². The molecule has 130 valence electrons. The van der Waals surface area contributed by atoms with Crippen molar-refractivity contribution < 1.29 is 14.7 Å². The van der Waals surface area contributed by atoms with E-state index in [4.69, 9.17) is 11.6 Å². The van der Waals surface area contributed by atoms with Crippen molar-refractivity contribution in [3.63, 3.8) is 0 Å². The first-order valence-corrected chi connectivity index (χ1v) is 9.17. The number of aliphatic hydroxyl groups is 1. The molecule has 1 heterocycles. The summed E-state index contributed by atoms with van der Waals surface area (Å²) in [5, 5.41) is 11.6. The Kier molecular flexibility index (Phi) is 5.00. The standard InChI is InChI=1S/C19H17BrClNO3/c1-2-9-22-16-8-7-14(21)10-15(16)19(25,18(22)24)11-17(23)12-3-5-13(20)6-4-12/h3-8,10,25H,2,9,11H2,1H3. The summed E-state index contributed by atoms with van der Waals surface area (Å²) in [6, 6.07) is 11.8. The van der Waals surface area contributed by atoms with Gasteiger partial charge in [-0.1, -0.05) is 46.6 Å². The van der Waals surface area contributed by atoms with Crippen molar-refractivity contribution in [2.45, 2.75) is 25.4 Å². The molecule has 0 saturated carbocycles. The summed E-state index contributed by atoms with van der Waals surface area (Å²) in [6.07, 6.45) is 0.422. The van der Waals surface area contributed by atoms with Crippen LogP contribution in [0.25, 0.3) is 0 Å². The quantitative estimate of drug-likeness (QED) is 0.730. The van der Waals surface area contributed by atoms with Crippen LogP contribution in [0.1, 0.15) is 35.7 Å². The molecule has 0 bridgehead atoms. The SMILES string of the molecule is CCCN1C(=O)C(O)(CC(=O)c2ccc(Br)cc2)c2cc(Cl)ccc21. The van der Waals surface area contributed by atoms with Crippen molar-refractivity contribution in [1.82, 2.24) is 0 Å². The van der Waals surface area contributed by atoms with Gasteiger partial charge in [-0.2, -0.15) is 0 Å². The molecule has 0 aliphatic carbocycles. The molecule has 0 radical (unpaired) electrons. The maximum absolute atomic E-state index is 12.9. The molecule has 0 spiro atoms. The van der Waals surface area contributed by atoms with Crippen LogP contribution in [0.15, 0.2) is 46.9 Å². The number of anilines is 1. The number of carbonyl (C=O) groups excluding carboxylic acids is 2. The van der Waals surface area contributed by atoms with Crippen LogP contribution in [0.5, 0.6) is 0 Å². The summed E-state index contributed by atoms with van der Waals surface area (Å²) in [6.45, 7) is 2.43. The van der Waals surface area contributed by atoms with E-state index in [9.17, 15) is 14.7 Å². The number of carbonyl (C=O) groups is 2. The zero-order valence-electron chi connectivity index (χ0n) is 13.6. The molecule has 1 atom stereocenters. The highest BCUT2D eigenvalue weighted by atomic mass is 79.9. The van der Waals surface area contributed by atoms with Gasteiger partial charge >= 0.3 is 0 Å². The van der Waals surface area contributed by atoms with Crippen LogP contribution in [0.2, 0.25) is 5.02 Å². The molecule has 1 aliphatic rings. The summed E-state index contributed by atoms with van der Waals surface area (Å²) in [5.41, 5.74) is -0.437. The van der Waals surface area contributed by atoms with Crippen LogP contribution in [-0.4, -0.2) is 23.3 Å². The molecule has 2 aromatic rings. The molecule has 1 aliphatic heterocycles. The van der Waals surface area contributed by atoms with Gasteiger partial charge in [0.1, 0.15) is 0 Å². The number of hydrogen-bond donors (Lipinski definition) is 1. The molecule has 1 unspecified atom stereocenters. The third-order valence-corrected chi connectivity index (χ3v) is 5.09. The number of amides is 1. The lowest BCUT2D eigenvalue weighted by Gasteiger charge is -2.22. The fourth-order valence-electron chi connectivity index (χ4n) is 3.11. The van der Waals surface area contributed by atoms with E-state index in [1.165, 1.54) is 4.90 Å². The minimum atomic E-state index is -1.89. The van der Waals surface area contributed by atoms with Gasteiger partial charge in [0.2, 0.25) is 0 Å². The predicted octanol–water partition coefficient (Wildman–Crippen LogP) is 4.32. The van der Waals surface area contributed by atoms with Gasteiger partial charge in [0.05, 0.1) is 12.1 Å². The summed E-state index contributed by atoms with van der Waals surface area (Å²) in [4.78, 5) is 27.1. The van der Waals surface area contributed by atoms with Crippen LogP contribution >= 0.6 is 27.5 Å². The van der Waals surface area contributed by atoms with Crippen molar-refractivity contribution in [1.29, 1.82) is 0 Å². The number of hydrogen-bond acceptors (Lipinski definition) is 3. The average Bonchev–Trinajstić information content (AvgIpc) is 2.77. The second-order valence-electron chi connectivity index (χ2n) is 6.09. The molecule has 25 heavy (non-hydrogen) atoms. The van der Waals surface area contributed by atoms with E-state index in [0.29, 0.717) is 28.4 Å². The summed E-state index contributed by atoms with van der Waals surface area (Å²) in [7, 11) is 0. The molecule has 1 N–H and O–H groups in total. The Bertz CT molecular complexity index is 837. The van der Waals surface area contributed by atoms with Crippen molar-refractivity contribution in [2.75, 3.05) is 11.4 Å². The van der Waals surface area contributed by atoms with Crippen molar-refractivity contribution in [3.05, 3.63) is 63.1 Å². The maximum Gasteiger partial charge on any atom is 0.264 e. The van der Waals surface area contributed by atoms with Gasteiger partial charge in [-0.25, -0.2) is 0 Å². The first-order chi connectivity index (χ1) is 11.9. The highest BCUT2D eigenvalue weighted by molar-refractivity contribution is 9.10. The Morgan fingerprint density at radius 1 is 1.24 bits per heavy atom. The number of fused-ring (bicyclic) bond motifs is 1. The second kappa shape index (κ2) is 6.90. The molecule has 4 nitrogen and oxygen atoms in total. The smallest absolute Gasteiger partial charge is 0.264 e. The minimum Gasteiger partial charge on any atom is -0.375 e. The van der Waals surface area contributed by atoms with E-state index < -0.39 is 11.5 Å². The molecular weight excluding hydrogens is 406 g/mol. The van der Waals surface area contributed by atoms with Crippen molar-refractivity contribution in [3.8, 4) is 0 Å². The second-order valence-corrected chi connectivity index (χ2v) is 7.44. The molecular formula is C19H17BrClNO3. The van der Waals surface area contributed by atoms with Gasteiger partial charge in [-0.15, -0.1) is 0 Å². The van der Waals surface area contributed by atoms with E-state index in [1.54, 1.807) is 42.5 Å². The third kappa shape index (κ3) is 3.24. The Morgan fingerprint density at radius 3 is 2.56 bits per heavy atom. The van der Waals surface area contributed by atoms with E-state index in [1.807, 2.05) is 6.92 Å². The van der Waals surface area contributed by atoms with Crippen LogP contribution in [0.3, 0.4) is 0 Å². The summed E-state index contributed by atoms with van der Waals surface area (Å²) in [5.74, 6) is -0.773. The first kappa shape index (κ1) is 18.1. The largest absolute Gasteiger partial charge is 0.375 e. The molecule has 1 amide bonds. The number of ketones is 1. The molecule has 6 heteroatoms. The van der Waals surface area contributed by atoms with Crippen LogP contribution in [0, 0.1) is 0 Å². The van der Waals surface area contributed by atoms with Gasteiger partial charge in [0.25, 0.3) is 5.91 Å².